The molecule has 1 fully saturated rings. The molecule has 0 bridgehead atoms. The van der Waals surface area contributed by atoms with Crippen molar-refractivity contribution in [1.82, 2.24) is 31.2 Å². The van der Waals surface area contributed by atoms with Crippen LogP contribution in [-0.2, 0) is 20.9 Å². The molecule has 11 heteroatoms. The van der Waals surface area contributed by atoms with E-state index in [1.54, 1.807) is 18.5 Å². The minimum Gasteiger partial charge on any atom is -0.389 e. The molecule has 3 amide bonds. The molecule has 6 atom stereocenters. The highest BCUT2D eigenvalue weighted by Gasteiger charge is 2.40. The Morgan fingerprint density at radius 2 is 1.65 bits per heavy atom. The van der Waals surface area contributed by atoms with E-state index < -0.39 is 41.5 Å². The van der Waals surface area contributed by atoms with Crippen molar-refractivity contribution >= 4 is 28.6 Å². The van der Waals surface area contributed by atoms with Gasteiger partial charge in [-0.3, -0.25) is 19.4 Å². The summed E-state index contributed by atoms with van der Waals surface area (Å²) in [6.45, 7) is 10.8. The van der Waals surface area contributed by atoms with Gasteiger partial charge in [-0.15, -0.1) is 0 Å². The molecule has 276 valence electrons. The first-order valence-corrected chi connectivity index (χ1v) is 18.1. The third-order valence-electron chi connectivity index (χ3n) is 9.63. The normalized spacial score (nSPS) is 18.6. The molecule has 5 rings (SSSR count). The minimum atomic E-state index is -1.16. The van der Waals surface area contributed by atoms with Gasteiger partial charge in [-0.05, 0) is 66.1 Å². The van der Waals surface area contributed by atoms with Gasteiger partial charge in [-0.2, -0.15) is 0 Å². The number of nitrogens with zero attached hydrogens (tertiary/aromatic N) is 2. The Morgan fingerprint density at radius 3 is 2.37 bits per heavy atom. The summed E-state index contributed by atoms with van der Waals surface area (Å²) in [5.41, 5.74) is 2.41. The monoisotopic (exact) mass is 708 g/mol. The Kier molecular flexibility index (Phi) is 13.1. The molecule has 4 aromatic rings. The maximum atomic E-state index is 14.2. The summed E-state index contributed by atoms with van der Waals surface area (Å²) < 4.78 is 6.11. The van der Waals surface area contributed by atoms with Crippen LogP contribution in [-0.4, -0.2) is 76.2 Å². The molecule has 0 saturated carbocycles. The number of rotatable bonds is 14. The lowest BCUT2D eigenvalue weighted by Crippen LogP contribution is -2.59. The Morgan fingerprint density at radius 1 is 0.942 bits per heavy atom. The second kappa shape index (κ2) is 17.7. The Labute approximate surface area is 306 Å². The third kappa shape index (κ3) is 10.2. The van der Waals surface area contributed by atoms with Crippen LogP contribution in [0.1, 0.15) is 75.0 Å². The molecule has 1 aliphatic heterocycles. The number of fused-ring (bicyclic) bond motifs is 1. The molecular formula is C41H52N6O5. The van der Waals surface area contributed by atoms with Crippen molar-refractivity contribution in [2.45, 2.75) is 90.3 Å². The van der Waals surface area contributed by atoms with Crippen LogP contribution in [0.4, 0.5) is 0 Å². The van der Waals surface area contributed by atoms with E-state index in [9.17, 15) is 19.5 Å². The zero-order chi connectivity index (χ0) is 37.3. The summed E-state index contributed by atoms with van der Waals surface area (Å²) in [6, 6.07) is 22.3. The van der Waals surface area contributed by atoms with Crippen LogP contribution in [0.2, 0.25) is 0 Å². The predicted octanol–water partition coefficient (Wildman–Crippen LogP) is 4.51. The SMILES string of the molecule is CC(C)[C@H](NC(=O)c1ccc2ccccc2n1)C(=O)NC(C(O)CNC(=O)C1CC(OCc2ccncc2)CCN1)C(c1ccccc1)C(C)(C)C. The highest BCUT2D eigenvalue weighted by Crippen LogP contribution is 2.39. The van der Waals surface area contributed by atoms with E-state index in [-0.39, 0.29) is 36.1 Å². The first-order chi connectivity index (χ1) is 24.9. The van der Waals surface area contributed by atoms with Gasteiger partial charge in [-0.1, -0.05) is 89.2 Å². The van der Waals surface area contributed by atoms with E-state index >= 15 is 0 Å². The maximum absolute atomic E-state index is 14.2. The number of carbonyl (C=O) groups is 3. The van der Waals surface area contributed by atoms with E-state index in [0.717, 1.165) is 22.9 Å². The van der Waals surface area contributed by atoms with Gasteiger partial charge in [0.2, 0.25) is 11.8 Å². The lowest BCUT2D eigenvalue weighted by atomic mass is 9.70. The summed E-state index contributed by atoms with van der Waals surface area (Å²) in [7, 11) is 0. The van der Waals surface area contributed by atoms with E-state index in [4.69, 9.17) is 4.74 Å². The molecule has 52 heavy (non-hydrogen) atoms. The lowest BCUT2D eigenvalue weighted by molar-refractivity contribution is -0.126. The molecule has 11 nitrogen and oxygen atoms in total. The number of aliphatic hydroxyl groups excluding tert-OH is 1. The summed E-state index contributed by atoms with van der Waals surface area (Å²) in [5, 5.41) is 25.0. The zero-order valence-corrected chi connectivity index (χ0v) is 30.7. The predicted molar refractivity (Wildman–Crippen MR) is 201 cm³/mol. The standard InChI is InChI=1S/C41H52N6O5/c1-26(2)36(46-39(50)32-16-15-28-11-9-10-14-31(28)45-32)40(51)47-37(35(41(3,4)5)29-12-7-6-8-13-29)34(48)24-44-38(49)33-23-30(19-22-43-33)52-25-27-17-20-42-21-18-27/h6-18,20-21,26,30,33-37,43,48H,19,22-25H2,1-5H3,(H,44,49)(H,46,50)(H,47,51)/t30?,33?,34?,35?,36-,37?/m0/s1. The lowest BCUT2D eigenvalue weighted by Gasteiger charge is -2.41. The second-order valence-corrected chi connectivity index (χ2v) is 15.0. The number of aromatic nitrogens is 2. The summed E-state index contributed by atoms with van der Waals surface area (Å²) in [4.78, 5) is 49.6. The molecule has 5 unspecified atom stereocenters. The maximum Gasteiger partial charge on any atom is 0.270 e. The molecule has 0 radical (unpaired) electrons. The van der Waals surface area contributed by atoms with Crippen molar-refractivity contribution in [3.8, 4) is 0 Å². The van der Waals surface area contributed by atoms with Crippen LogP contribution in [0.5, 0.6) is 0 Å². The van der Waals surface area contributed by atoms with Gasteiger partial charge in [-0.25, -0.2) is 4.98 Å². The molecule has 1 saturated heterocycles. The Balaban J connectivity index is 1.30. The van der Waals surface area contributed by atoms with Gasteiger partial charge in [0.25, 0.3) is 5.91 Å². The number of pyridine rings is 2. The van der Waals surface area contributed by atoms with Crippen molar-refractivity contribution in [3.63, 3.8) is 0 Å². The number of nitrogens with one attached hydrogen (secondary N) is 4. The fraction of sp³-hybridized carbons (Fsp3) is 0.439. The average Bonchev–Trinajstić information content (AvgIpc) is 3.14. The Hall–Kier alpha value is -4.71. The van der Waals surface area contributed by atoms with Gasteiger partial charge in [0.1, 0.15) is 11.7 Å². The fourth-order valence-corrected chi connectivity index (χ4v) is 6.89. The van der Waals surface area contributed by atoms with Crippen molar-refractivity contribution < 1.29 is 24.2 Å². The molecule has 0 aliphatic carbocycles. The molecule has 1 aliphatic rings. The third-order valence-corrected chi connectivity index (χ3v) is 9.63. The molecule has 0 spiro atoms. The molecular weight excluding hydrogens is 656 g/mol. The second-order valence-electron chi connectivity index (χ2n) is 15.0. The number of hydrogen-bond donors (Lipinski definition) is 5. The fourth-order valence-electron chi connectivity index (χ4n) is 6.89. The number of hydrogen-bond acceptors (Lipinski definition) is 8. The van der Waals surface area contributed by atoms with Crippen molar-refractivity contribution in [1.29, 1.82) is 0 Å². The van der Waals surface area contributed by atoms with Gasteiger partial charge in [0, 0.05) is 30.2 Å². The number of benzene rings is 2. The molecule has 3 heterocycles. The van der Waals surface area contributed by atoms with Crippen LogP contribution in [0.15, 0.2) is 91.3 Å². The van der Waals surface area contributed by atoms with E-state index in [2.05, 4.69) is 52.0 Å². The molecule has 5 N–H and O–H groups in total. The van der Waals surface area contributed by atoms with E-state index in [1.807, 2.05) is 86.6 Å². The summed E-state index contributed by atoms with van der Waals surface area (Å²) in [5.74, 6) is -1.79. The number of piperidine rings is 1. The molecule has 2 aromatic carbocycles. The number of amides is 3. The van der Waals surface area contributed by atoms with Crippen molar-refractivity contribution in [2.75, 3.05) is 13.1 Å². The van der Waals surface area contributed by atoms with Gasteiger partial charge >= 0.3 is 0 Å². The van der Waals surface area contributed by atoms with E-state index in [0.29, 0.717) is 25.1 Å². The molecule has 2 aromatic heterocycles. The summed E-state index contributed by atoms with van der Waals surface area (Å²) in [6.07, 6.45) is 3.46. The zero-order valence-electron chi connectivity index (χ0n) is 30.7. The first-order valence-electron chi connectivity index (χ1n) is 18.1. The van der Waals surface area contributed by atoms with Gasteiger partial charge in [0.05, 0.1) is 36.4 Å². The number of para-hydroxylation sites is 1. The van der Waals surface area contributed by atoms with Crippen LogP contribution in [0.3, 0.4) is 0 Å². The smallest absolute Gasteiger partial charge is 0.270 e. The quantitative estimate of drug-likeness (QED) is 0.128. The number of carbonyl (C=O) groups excluding carboxylic acids is 3. The average molecular weight is 709 g/mol. The highest BCUT2D eigenvalue weighted by molar-refractivity contribution is 5.98. The largest absolute Gasteiger partial charge is 0.389 e. The van der Waals surface area contributed by atoms with Gasteiger partial charge < -0.3 is 31.1 Å². The summed E-state index contributed by atoms with van der Waals surface area (Å²) >= 11 is 0. The van der Waals surface area contributed by atoms with Crippen LogP contribution < -0.4 is 21.3 Å². The highest BCUT2D eigenvalue weighted by atomic mass is 16.5. The van der Waals surface area contributed by atoms with E-state index in [1.165, 1.54) is 0 Å². The van der Waals surface area contributed by atoms with Crippen molar-refractivity contribution in [2.24, 2.45) is 11.3 Å². The minimum absolute atomic E-state index is 0.0936. The Bertz CT molecular complexity index is 1780. The topological polar surface area (TPSA) is 155 Å². The number of ether oxygens (including phenoxy) is 1. The van der Waals surface area contributed by atoms with Gasteiger partial charge in [0.15, 0.2) is 0 Å². The number of aliphatic hydroxyl groups is 1. The van der Waals surface area contributed by atoms with Crippen LogP contribution in [0, 0.1) is 11.3 Å². The first kappa shape index (κ1) is 38.5. The van der Waals surface area contributed by atoms with Crippen LogP contribution in [0.25, 0.3) is 10.9 Å². The van der Waals surface area contributed by atoms with Crippen LogP contribution >= 0.6 is 0 Å². The van der Waals surface area contributed by atoms with Crippen molar-refractivity contribution in [3.05, 3.63) is 108 Å².